The number of rotatable bonds is 7. The molecule has 1 unspecified atom stereocenters. The molecule has 0 saturated heterocycles. The number of nitrogens with two attached hydrogens (primary N) is 1. The van der Waals surface area contributed by atoms with Crippen LogP contribution >= 0.6 is 12.4 Å². The number of halogens is 4. The van der Waals surface area contributed by atoms with E-state index in [0.29, 0.717) is 12.0 Å². The van der Waals surface area contributed by atoms with E-state index in [1.165, 1.54) is 6.07 Å². The predicted octanol–water partition coefficient (Wildman–Crippen LogP) is 3.10. The highest BCUT2D eigenvalue weighted by Gasteiger charge is 2.28. The first kappa shape index (κ1) is 21.5. The first-order valence-corrected chi connectivity index (χ1v) is 7.05. The number of carbonyl (C=O) groups excluding carboxylic acids is 1. The maximum atomic E-state index is 12.3. The summed E-state index contributed by atoms with van der Waals surface area (Å²) in [5.41, 5.74) is 6.93. The summed E-state index contributed by atoms with van der Waals surface area (Å²) < 4.78 is 41.6. The molecule has 0 fully saturated rings. The fourth-order valence-corrected chi connectivity index (χ4v) is 1.86. The summed E-state index contributed by atoms with van der Waals surface area (Å²) in [5.74, 6) is -0.217. The Morgan fingerprint density at radius 2 is 2.04 bits per heavy atom. The van der Waals surface area contributed by atoms with E-state index in [9.17, 15) is 18.0 Å². The van der Waals surface area contributed by atoms with Crippen LogP contribution in [0.1, 0.15) is 30.9 Å². The summed E-state index contributed by atoms with van der Waals surface area (Å²) in [4.78, 5) is 11.7. The van der Waals surface area contributed by atoms with Gasteiger partial charge >= 0.3 is 6.18 Å². The van der Waals surface area contributed by atoms with Crippen LogP contribution in [0.2, 0.25) is 0 Å². The lowest BCUT2D eigenvalue weighted by atomic mass is 10.1. The largest absolute Gasteiger partial charge is 0.484 e. The van der Waals surface area contributed by atoms with Crippen molar-refractivity contribution in [3.8, 4) is 5.75 Å². The van der Waals surface area contributed by atoms with Gasteiger partial charge in [0.15, 0.2) is 6.61 Å². The van der Waals surface area contributed by atoms with E-state index in [1.807, 2.05) is 6.92 Å². The average Bonchev–Trinajstić information content (AvgIpc) is 2.43. The summed E-state index contributed by atoms with van der Waals surface area (Å²) in [6, 6.07) is 4.27. The quantitative estimate of drug-likeness (QED) is 0.790. The van der Waals surface area contributed by atoms with E-state index in [4.69, 9.17) is 10.5 Å². The van der Waals surface area contributed by atoms with E-state index < -0.39 is 18.8 Å². The molecule has 3 N–H and O–H groups in total. The van der Waals surface area contributed by atoms with Crippen molar-refractivity contribution in [1.82, 2.24) is 5.32 Å². The minimum atomic E-state index is -4.41. The molecule has 0 radical (unpaired) electrons. The van der Waals surface area contributed by atoms with Gasteiger partial charge in [0.1, 0.15) is 5.75 Å². The third-order valence-corrected chi connectivity index (χ3v) is 3.00. The van der Waals surface area contributed by atoms with Gasteiger partial charge in [-0.2, -0.15) is 13.2 Å². The number of carbonyl (C=O) groups is 1. The Morgan fingerprint density at radius 3 is 2.61 bits per heavy atom. The van der Waals surface area contributed by atoms with Crippen molar-refractivity contribution in [3.63, 3.8) is 0 Å². The zero-order valence-corrected chi connectivity index (χ0v) is 13.9. The van der Waals surface area contributed by atoms with Crippen LogP contribution in [0.25, 0.3) is 0 Å². The molecule has 0 saturated carbocycles. The van der Waals surface area contributed by atoms with Crippen molar-refractivity contribution in [3.05, 3.63) is 29.3 Å². The molecular formula is C15H22ClF3N2O2. The highest BCUT2D eigenvalue weighted by molar-refractivity contribution is 5.85. The number of amides is 1. The molecule has 0 aliphatic heterocycles. The van der Waals surface area contributed by atoms with Gasteiger partial charge in [-0.3, -0.25) is 4.79 Å². The van der Waals surface area contributed by atoms with Crippen LogP contribution in [0.5, 0.6) is 5.75 Å². The topological polar surface area (TPSA) is 64.4 Å². The number of nitrogens with one attached hydrogen (secondary N) is 1. The Kier molecular flexibility index (Phi) is 9.01. The SMILES string of the molecule is CCCC(N)C(=O)NCc1ccc(C)cc1OCC(F)(F)F.Cl. The van der Waals surface area contributed by atoms with Gasteiger partial charge < -0.3 is 15.8 Å². The van der Waals surface area contributed by atoms with Crippen LogP contribution in [0, 0.1) is 6.92 Å². The van der Waals surface area contributed by atoms with Crippen molar-refractivity contribution >= 4 is 18.3 Å². The molecule has 0 aliphatic carbocycles. The second-order valence-electron chi connectivity index (χ2n) is 5.13. The molecule has 0 aliphatic rings. The lowest BCUT2D eigenvalue weighted by molar-refractivity contribution is -0.153. The molecule has 23 heavy (non-hydrogen) atoms. The molecule has 132 valence electrons. The highest BCUT2D eigenvalue weighted by atomic mass is 35.5. The Balaban J connectivity index is 0.00000484. The van der Waals surface area contributed by atoms with Crippen molar-refractivity contribution in [2.45, 2.75) is 45.5 Å². The maximum Gasteiger partial charge on any atom is 0.422 e. The van der Waals surface area contributed by atoms with Crippen molar-refractivity contribution < 1.29 is 22.7 Å². The number of aryl methyl sites for hydroxylation is 1. The Labute approximate surface area is 140 Å². The molecule has 1 rings (SSSR count). The van der Waals surface area contributed by atoms with Gasteiger partial charge in [0.2, 0.25) is 5.91 Å². The zero-order chi connectivity index (χ0) is 16.8. The first-order valence-electron chi connectivity index (χ1n) is 7.05. The molecule has 1 aromatic rings. The molecule has 1 aromatic carbocycles. The first-order chi connectivity index (χ1) is 10.2. The van der Waals surface area contributed by atoms with Crippen LogP contribution in [0.15, 0.2) is 18.2 Å². The van der Waals surface area contributed by atoms with Gasteiger partial charge in [0.25, 0.3) is 0 Å². The van der Waals surface area contributed by atoms with Crippen molar-refractivity contribution in [1.29, 1.82) is 0 Å². The summed E-state index contributed by atoms with van der Waals surface area (Å²) in [7, 11) is 0. The Morgan fingerprint density at radius 1 is 1.39 bits per heavy atom. The summed E-state index contributed by atoms with van der Waals surface area (Å²) in [5, 5.41) is 2.62. The monoisotopic (exact) mass is 354 g/mol. The summed E-state index contributed by atoms with van der Waals surface area (Å²) in [6.45, 7) is 2.37. The Bertz CT molecular complexity index is 510. The minimum Gasteiger partial charge on any atom is -0.484 e. The van der Waals surface area contributed by atoms with Gasteiger partial charge in [-0.25, -0.2) is 0 Å². The van der Waals surface area contributed by atoms with E-state index >= 15 is 0 Å². The fourth-order valence-electron chi connectivity index (χ4n) is 1.86. The van der Waals surface area contributed by atoms with Crippen LogP contribution in [0.4, 0.5) is 13.2 Å². The van der Waals surface area contributed by atoms with E-state index in [-0.39, 0.29) is 30.6 Å². The molecule has 0 spiro atoms. The molecule has 1 atom stereocenters. The Hall–Kier alpha value is -1.47. The lowest BCUT2D eigenvalue weighted by Gasteiger charge is -2.16. The van der Waals surface area contributed by atoms with Crippen molar-refractivity contribution in [2.75, 3.05) is 6.61 Å². The number of benzene rings is 1. The van der Waals surface area contributed by atoms with Crippen LogP contribution in [0.3, 0.4) is 0 Å². The van der Waals surface area contributed by atoms with Crippen LogP contribution in [-0.4, -0.2) is 24.7 Å². The van der Waals surface area contributed by atoms with Gasteiger partial charge in [0, 0.05) is 12.1 Å². The molecule has 8 heteroatoms. The third-order valence-electron chi connectivity index (χ3n) is 3.00. The van der Waals surface area contributed by atoms with Crippen LogP contribution in [-0.2, 0) is 11.3 Å². The second kappa shape index (κ2) is 9.62. The molecule has 0 aromatic heterocycles. The van der Waals surface area contributed by atoms with Crippen LogP contribution < -0.4 is 15.8 Å². The van der Waals surface area contributed by atoms with E-state index in [0.717, 1.165) is 12.0 Å². The minimum absolute atomic E-state index is 0. The second-order valence-corrected chi connectivity index (χ2v) is 5.13. The number of alkyl halides is 3. The molecule has 4 nitrogen and oxygen atoms in total. The number of ether oxygens (including phenoxy) is 1. The number of hydrogen-bond donors (Lipinski definition) is 2. The average molecular weight is 355 g/mol. The fraction of sp³-hybridized carbons (Fsp3) is 0.533. The summed E-state index contributed by atoms with van der Waals surface area (Å²) in [6.07, 6.45) is -3.08. The lowest BCUT2D eigenvalue weighted by Crippen LogP contribution is -2.40. The smallest absolute Gasteiger partial charge is 0.422 e. The molecular weight excluding hydrogens is 333 g/mol. The van der Waals surface area contributed by atoms with E-state index in [2.05, 4.69) is 5.32 Å². The predicted molar refractivity (Wildman–Crippen MR) is 84.7 cm³/mol. The molecule has 1 amide bonds. The highest BCUT2D eigenvalue weighted by Crippen LogP contribution is 2.23. The van der Waals surface area contributed by atoms with Gasteiger partial charge in [-0.05, 0) is 25.0 Å². The molecule has 0 bridgehead atoms. The van der Waals surface area contributed by atoms with Gasteiger partial charge in [-0.15, -0.1) is 12.4 Å². The van der Waals surface area contributed by atoms with E-state index in [1.54, 1.807) is 19.1 Å². The standard InChI is InChI=1S/C15H21F3N2O2.ClH/c1-3-4-12(19)14(21)20-8-11-6-5-10(2)7-13(11)22-9-15(16,17)18;/h5-7,12H,3-4,8-9,19H2,1-2H3,(H,20,21);1H. The molecule has 0 heterocycles. The van der Waals surface area contributed by atoms with Gasteiger partial charge in [0.05, 0.1) is 6.04 Å². The van der Waals surface area contributed by atoms with Gasteiger partial charge in [-0.1, -0.05) is 25.5 Å². The number of hydrogen-bond acceptors (Lipinski definition) is 3. The third kappa shape index (κ3) is 8.08. The zero-order valence-electron chi connectivity index (χ0n) is 13.1. The van der Waals surface area contributed by atoms with Crippen molar-refractivity contribution in [2.24, 2.45) is 5.73 Å². The summed E-state index contributed by atoms with van der Waals surface area (Å²) >= 11 is 0. The maximum absolute atomic E-state index is 12.3. The normalized spacial score (nSPS) is 12.3.